The molecule has 3 heterocycles. The fraction of sp³-hybridized carbons (Fsp3) is 0.491. The van der Waals surface area contributed by atoms with E-state index in [0.29, 0.717) is 28.9 Å². The Morgan fingerprint density at radius 1 is 0.667 bits per heavy atom. The number of alkyl carbamates (subject to hydrolysis) is 1. The molecule has 20 N–H and O–H groups in total. The predicted molar refractivity (Wildman–Crippen MR) is 319 cm³/mol. The minimum absolute atomic E-state index is 0.00235. The minimum atomic E-state index is -1.44. The summed E-state index contributed by atoms with van der Waals surface area (Å²) in [6.07, 6.45) is 3.83. The molecular weight excluding hydrogens is 1130 g/mol. The molecule has 5 rings (SSSR count). The number of aliphatic hydroxyl groups is 1. The van der Waals surface area contributed by atoms with Crippen molar-refractivity contribution >= 4 is 65.3 Å². The number of aliphatic hydroxyl groups excluding tert-OH is 1. The number of hydrogen-bond donors (Lipinski definition) is 15. The van der Waals surface area contributed by atoms with Crippen molar-refractivity contribution in [2.24, 2.45) is 44.6 Å². The molecule has 0 radical (unpaired) electrons. The Labute approximate surface area is 503 Å². The lowest BCUT2D eigenvalue weighted by molar-refractivity contribution is -0.142. The maximum Gasteiger partial charge on any atom is 0.408 e. The van der Waals surface area contributed by atoms with E-state index in [1.807, 2.05) is 19.9 Å². The standard InChI is InChI=1S/C57H83N19O11/c1-34(2)24-41(46(77)28-48(79)65-22-19-47(78)70-42(49(58)80)26-37-29-63-32-68-37)72-52(83)44(27-38-30-64-33-69-38)73-51(82)43(25-35-12-5-3-6-13-35)74-53(84)45-18-11-23-76(45)54(85)40(17-10-21-67-56(61)62)71-50(81)39(16-9-20-66-55(59)60)75-57(86)87-31-36-14-7-4-8-15-36/h3-8,12-15,29-30,32-34,39-46,77H,9-11,16-28,31H2,1-2H3,(H2,58,80)(H,63,68)(H,64,69)(H,65,79)(H,70,78)(H,71,81)(H,72,83)(H,73,82)(H,74,84)(H,75,86)(H4,59,60,66)(H4,61,62,67)/t39-,40-,41-,42-,43-,44-,45-,46-/m0/s1. The van der Waals surface area contributed by atoms with Crippen molar-refractivity contribution in [1.82, 2.24) is 62.1 Å². The van der Waals surface area contributed by atoms with Crippen molar-refractivity contribution in [2.75, 3.05) is 26.2 Å². The van der Waals surface area contributed by atoms with Gasteiger partial charge in [-0.1, -0.05) is 74.5 Å². The van der Waals surface area contributed by atoms with Crippen molar-refractivity contribution in [3.8, 4) is 0 Å². The van der Waals surface area contributed by atoms with Gasteiger partial charge in [-0.15, -0.1) is 0 Å². The molecule has 0 unspecified atom stereocenters. The van der Waals surface area contributed by atoms with Gasteiger partial charge in [0.05, 0.1) is 31.2 Å². The van der Waals surface area contributed by atoms with Gasteiger partial charge in [-0.3, -0.25) is 48.3 Å². The van der Waals surface area contributed by atoms with E-state index >= 15 is 0 Å². The number of aliphatic imine (C=N–C) groups is 2. The van der Waals surface area contributed by atoms with Gasteiger partial charge in [0.15, 0.2) is 11.9 Å². The number of carbonyl (C=O) groups is 9. The summed E-state index contributed by atoms with van der Waals surface area (Å²) in [4.78, 5) is 147. The Bertz CT molecular complexity index is 2900. The molecule has 87 heavy (non-hydrogen) atoms. The first-order chi connectivity index (χ1) is 41.6. The van der Waals surface area contributed by atoms with Gasteiger partial charge in [-0.25, -0.2) is 14.8 Å². The summed E-state index contributed by atoms with van der Waals surface area (Å²) in [6, 6.07) is 9.31. The van der Waals surface area contributed by atoms with Crippen LogP contribution in [-0.2, 0) is 69.0 Å². The average molecular weight is 1210 g/mol. The Balaban J connectivity index is 1.30. The van der Waals surface area contributed by atoms with E-state index < -0.39 is 108 Å². The molecule has 0 spiro atoms. The zero-order valence-electron chi connectivity index (χ0n) is 49.0. The summed E-state index contributed by atoms with van der Waals surface area (Å²) < 4.78 is 5.41. The molecule has 472 valence electrons. The van der Waals surface area contributed by atoms with E-state index in [0.717, 1.165) is 0 Å². The molecule has 8 atom stereocenters. The fourth-order valence-corrected chi connectivity index (χ4v) is 9.57. The smallest absolute Gasteiger partial charge is 0.408 e. The highest BCUT2D eigenvalue weighted by molar-refractivity contribution is 5.97. The van der Waals surface area contributed by atoms with Crippen molar-refractivity contribution in [1.29, 1.82) is 0 Å². The molecule has 1 fully saturated rings. The highest BCUT2D eigenvalue weighted by Gasteiger charge is 2.40. The second kappa shape index (κ2) is 35.6. The Hall–Kier alpha value is -9.61. The Morgan fingerprint density at radius 3 is 1.79 bits per heavy atom. The number of nitrogens with two attached hydrogens (primary N) is 5. The monoisotopic (exact) mass is 1210 g/mol. The van der Waals surface area contributed by atoms with Crippen molar-refractivity contribution < 1.29 is 53.0 Å². The number of aromatic nitrogens is 4. The first-order valence-electron chi connectivity index (χ1n) is 28.8. The van der Waals surface area contributed by atoms with Gasteiger partial charge >= 0.3 is 6.09 Å². The van der Waals surface area contributed by atoms with Crippen LogP contribution in [-0.4, -0.2) is 170 Å². The van der Waals surface area contributed by atoms with Gasteiger partial charge in [0.2, 0.25) is 47.3 Å². The first kappa shape index (κ1) is 68.2. The third-order valence-electron chi connectivity index (χ3n) is 13.9. The minimum Gasteiger partial charge on any atom is -0.445 e. The Kier molecular flexibility index (Phi) is 27.9. The van der Waals surface area contributed by atoms with Gasteiger partial charge < -0.3 is 90.6 Å². The van der Waals surface area contributed by atoms with Crippen LogP contribution in [0.4, 0.5) is 4.79 Å². The number of nitrogens with one attached hydrogen (secondary N) is 9. The molecule has 1 saturated heterocycles. The van der Waals surface area contributed by atoms with Crippen molar-refractivity contribution in [3.05, 3.63) is 108 Å². The molecule has 4 aromatic rings. The van der Waals surface area contributed by atoms with Gasteiger partial charge in [0, 0.05) is 75.6 Å². The number of likely N-dealkylation sites (tertiary alicyclic amines) is 1. The second-order valence-electron chi connectivity index (χ2n) is 21.4. The fourth-order valence-electron chi connectivity index (χ4n) is 9.57. The number of primary amides is 1. The quantitative estimate of drug-likeness (QED) is 0.0130. The van der Waals surface area contributed by atoms with Gasteiger partial charge in [-0.05, 0) is 62.0 Å². The van der Waals surface area contributed by atoms with Crippen LogP contribution in [0.1, 0.15) is 94.1 Å². The number of benzene rings is 2. The molecule has 0 bridgehead atoms. The molecule has 9 amide bonds. The summed E-state index contributed by atoms with van der Waals surface area (Å²) in [5.41, 5.74) is 30.0. The molecule has 1 aliphatic heterocycles. The SMILES string of the molecule is CC(C)C[C@H](NC(=O)[C@H](Cc1cnc[nH]1)NC(=O)[C@H](Cc1ccccc1)NC(=O)[C@@H]1CCCN1C(=O)[C@H](CCCN=C(N)N)NC(=O)[C@H](CCCN=C(N)N)NC(=O)OCc1ccccc1)[C@@H](O)CC(=O)NCCC(=O)N[C@@H](Cc1cnc[nH]1)C(N)=O. The van der Waals surface area contributed by atoms with Crippen LogP contribution in [0.2, 0.25) is 0 Å². The lowest BCUT2D eigenvalue weighted by atomic mass is 9.96. The average Bonchev–Trinajstić information content (AvgIpc) is 2.94. The number of aromatic amines is 2. The maximum atomic E-state index is 14.8. The number of nitrogens with zero attached hydrogens (tertiary/aromatic N) is 5. The van der Waals surface area contributed by atoms with Crippen LogP contribution >= 0.6 is 0 Å². The Morgan fingerprint density at radius 2 is 1.22 bits per heavy atom. The molecule has 2 aromatic heterocycles. The number of ether oxygens (including phenoxy) is 1. The molecule has 2 aromatic carbocycles. The highest BCUT2D eigenvalue weighted by Crippen LogP contribution is 2.21. The summed E-state index contributed by atoms with van der Waals surface area (Å²) in [6.45, 7) is 3.77. The lowest BCUT2D eigenvalue weighted by Gasteiger charge is -2.31. The van der Waals surface area contributed by atoms with Crippen LogP contribution in [0.3, 0.4) is 0 Å². The maximum absolute atomic E-state index is 14.8. The van der Waals surface area contributed by atoms with Crippen molar-refractivity contribution in [2.45, 2.75) is 146 Å². The second-order valence-corrected chi connectivity index (χ2v) is 21.4. The first-order valence-corrected chi connectivity index (χ1v) is 28.8. The van der Waals surface area contributed by atoms with Crippen LogP contribution in [0.25, 0.3) is 0 Å². The van der Waals surface area contributed by atoms with Gasteiger partial charge in [-0.2, -0.15) is 0 Å². The van der Waals surface area contributed by atoms with E-state index in [-0.39, 0.29) is 115 Å². The predicted octanol–water partition coefficient (Wildman–Crippen LogP) is -2.23. The number of amides is 9. The largest absolute Gasteiger partial charge is 0.445 e. The third-order valence-corrected chi connectivity index (χ3v) is 13.9. The highest BCUT2D eigenvalue weighted by atomic mass is 16.5. The van der Waals surface area contributed by atoms with Crippen molar-refractivity contribution in [3.63, 3.8) is 0 Å². The zero-order valence-corrected chi connectivity index (χ0v) is 49.0. The van der Waals surface area contributed by atoms with Crippen LogP contribution in [0.5, 0.6) is 0 Å². The summed E-state index contributed by atoms with van der Waals surface area (Å²) in [7, 11) is 0. The summed E-state index contributed by atoms with van der Waals surface area (Å²) >= 11 is 0. The number of guanidine groups is 2. The number of H-pyrrole nitrogens is 2. The van der Waals surface area contributed by atoms with Crippen LogP contribution < -0.4 is 65.9 Å². The molecule has 1 aliphatic rings. The van der Waals surface area contributed by atoms with E-state index in [1.165, 1.54) is 29.9 Å². The van der Waals surface area contributed by atoms with Crippen LogP contribution in [0.15, 0.2) is 95.7 Å². The van der Waals surface area contributed by atoms with E-state index in [1.54, 1.807) is 54.6 Å². The van der Waals surface area contributed by atoms with Gasteiger partial charge in [0.1, 0.15) is 42.9 Å². The molecular formula is C57H83N19O11. The number of hydrogen-bond acceptors (Lipinski definition) is 15. The molecule has 0 aliphatic carbocycles. The third kappa shape index (κ3) is 24.5. The summed E-state index contributed by atoms with van der Waals surface area (Å²) in [5, 5.41) is 30.4. The molecule has 30 nitrogen and oxygen atoms in total. The molecule has 30 heteroatoms. The summed E-state index contributed by atoms with van der Waals surface area (Å²) in [5.74, 6) is -6.02. The van der Waals surface area contributed by atoms with E-state index in [4.69, 9.17) is 33.4 Å². The van der Waals surface area contributed by atoms with E-state index in [9.17, 15) is 48.3 Å². The van der Waals surface area contributed by atoms with E-state index in [2.05, 4.69) is 67.1 Å². The molecule has 0 saturated carbocycles. The zero-order chi connectivity index (χ0) is 63.3. The number of imidazole rings is 2. The van der Waals surface area contributed by atoms with Crippen LogP contribution in [0, 0.1) is 5.92 Å². The normalized spacial score (nSPS) is 15.2. The lowest BCUT2D eigenvalue weighted by Crippen LogP contribution is -2.60. The topological polar surface area (TPSA) is 483 Å². The van der Waals surface area contributed by atoms with Gasteiger partial charge in [0.25, 0.3) is 0 Å². The number of rotatable bonds is 36. The number of carbonyl (C=O) groups excluding carboxylic acids is 9.